The Morgan fingerprint density at radius 3 is 2.50 bits per heavy atom. The van der Waals surface area contributed by atoms with Gasteiger partial charge in [0.25, 0.3) is 6.26 Å². The van der Waals surface area contributed by atoms with E-state index in [0.717, 1.165) is 6.26 Å². The topological polar surface area (TPSA) is 79.5 Å². The fraction of sp³-hybridized carbons (Fsp3) is 0. The third-order valence-corrected chi connectivity index (χ3v) is 1.83. The van der Waals surface area contributed by atoms with Crippen LogP contribution in [0, 0.1) is 11.5 Å². The van der Waals surface area contributed by atoms with Gasteiger partial charge in [-0.15, -0.1) is 5.26 Å². The summed E-state index contributed by atoms with van der Waals surface area (Å²) in [4.78, 5) is 8.16. The molecule has 0 bridgehead atoms. The van der Waals surface area contributed by atoms with Crippen LogP contribution in [0.1, 0.15) is 0 Å². The first-order valence-corrected chi connectivity index (χ1v) is 3.47. The molecule has 0 amide bonds. The number of hydrogen-bond acceptors (Lipinski definition) is 4. The van der Waals surface area contributed by atoms with Gasteiger partial charge in [-0.1, -0.05) is 0 Å². The van der Waals surface area contributed by atoms with Crippen molar-refractivity contribution < 1.29 is 17.6 Å². The van der Waals surface area contributed by atoms with E-state index in [9.17, 15) is 4.57 Å². The smallest absolute Gasteiger partial charge is 0.327 e. The van der Waals surface area contributed by atoms with Crippen molar-refractivity contribution in [1.29, 1.82) is 5.26 Å². The van der Waals surface area contributed by atoms with Gasteiger partial charge in [-0.25, -0.2) is 4.57 Å². The summed E-state index contributed by atoms with van der Waals surface area (Å²) in [5.74, 6) is 0. The van der Waals surface area contributed by atoms with Crippen molar-refractivity contribution in [2.45, 2.75) is 0 Å². The molecule has 1 atom stereocenters. The highest BCUT2D eigenvalue weighted by atomic mass is 79.9. The van der Waals surface area contributed by atoms with Crippen molar-refractivity contribution in [2.24, 2.45) is 0 Å². The van der Waals surface area contributed by atoms with Crippen LogP contribution < -0.4 is 0 Å². The molecule has 1 unspecified atom stereocenters. The second kappa shape index (κ2) is 3.05. The molecule has 0 heterocycles. The van der Waals surface area contributed by atoms with Crippen LogP contribution >= 0.6 is 24.1 Å². The van der Waals surface area contributed by atoms with Crippen LogP contribution in [-0.4, -0.2) is 4.89 Å². The minimum absolute atomic E-state index is 0.991. The lowest BCUT2D eigenvalue weighted by Crippen LogP contribution is -1.78. The van der Waals surface area contributed by atoms with E-state index in [1.165, 1.54) is 0 Å². The lowest BCUT2D eigenvalue weighted by molar-refractivity contribution is 0.293. The van der Waals surface area contributed by atoms with E-state index in [1.807, 2.05) is 0 Å². The number of halogens is 1. The highest BCUT2D eigenvalue weighted by Crippen LogP contribution is 2.44. The maximum atomic E-state index is 10.0. The van der Waals surface area contributed by atoms with E-state index in [4.69, 9.17) is 10.2 Å². The van der Waals surface area contributed by atoms with Crippen LogP contribution in [0.25, 0.3) is 0 Å². The zero-order chi connectivity index (χ0) is 6.62. The first kappa shape index (κ1) is 7.92. The molecule has 0 rings (SSSR count). The van der Waals surface area contributed by atoms with Crippen molar-refractivity contribution in [3.63, 3.8) is 0 Å². The molecule has 0 aliphatic heterocycles. The van der Waals surface area contributed by atoms with E-state index in [1.54, 1.807) is 0 Å². The Morgan fingerprint density at radius 1 is 1.88 bits per heavy atom. The van der Waals surface area contributed by atoms with Crippen molar-refractivity contribution in [3.8, 4) is 6.26 Å². The van der Waals surface area contributed by atoms with E-state index < -0.39 is 7.82 Å². The summed E-state index contributed by atoms with van der Waals surface area (Å²) >= 11 is 2.18. The molecule has 0 fully saturated rings. The maximum Gasteiger partial charge on any atom is 0.548 e. The lowest BCUT2D eigenvalue weighted by atomic mass is 11.6. The quantitative estimate of drug-likeness (QED) is 0.531. The Balaban J connectivity index is 3.78. The zero-order valence-corrected chi connectivity index (χ0v) is 5.92. The molecule has 0 aromatic carbocycles. The predicted octanol–water partition coefficient (Wildman–Crippen LogP) is 0.911. The number of phosphoric acid groups is 1. The second-order valence-electron chi connectivity index (χ2n) is 0.720. The highest BCUT2D eigenvalue weighted by Gasteiger charge is 2.20. The Kier molecular flexibility index (Phi) is 3.02. The number of nitrogens with zero attached hydrogens (tertiary/aromatic N) is 1. The largest absolute Gasteiger partial charge is 0.548 e. The lowest BCUT2D eigenvalue weighted by Gasteiger charge is -1.97. The van der Waals surface area contributed by atoms with E-state index in [0.29, 0.717) is 0 Å². The fourth-order valence-corrected chi connectivity index (χ4v) is 0.374. The minimum Gasteiger partial charge on any atom is -0.327 e. The van der Waals surface area contributed by atoms with E-state index >= 15 is 0 Å². The molecule has 0 spiro atoms. The molecule has 7 heteroatoms. The van der Waals surface area contributed by atoms with Gasteiger partial charge in [-0.3, -0.25) is 4.89 Å². The van der Waals surface area contributed by atoms with E-state index in [-0.39, 0.29) is 0 Å². The van der Waals surface area contributed by atoms with Crippen LogP contribution in [0.2, 0.25) is 0 Å². The molecule has 46 valence electrons. The van der Waals surface area contributed by atoms with Gasteiger partial charge in [0, 0.05) is 0 Å². The van der Waals surface area contributed by atoms with Crippen molar-refractivity contribution in [3.05, 3.63) is 0 Å². The predicted molar refractivity (Wildman–Crippen MR) is 26.5 cm³/mol. The molecule has 5 nitrogen and oxygen atoms in total. The summed E-state index contributed by atoms with van der Waals surface area (Å²) in [6.07, 6.45) is 0.991. The van der Waals surface area contributed by atoms with Crippen LogP contribution in [-0.2, 0) is 12.7 Å². The third-order valence-electron chi connectivity index (χ3n) is 0.243. The summed E-state index contributed by atoms with van der Waals surface area (Å²) in [5, 5.41) is 7.63. The third kappa shape index (κ3) is 2.99. The van der Waals surface area contributed by atoms with Gasteiger partial charge in [-0.05, 0) is 0 Å². The van der Waals surface area contributed by atoms with Crippen LogP contribution in [0.3, 0.4) is 0 Å². The van der Waals surface area contributed by atoms with Crippen molar-refractivity contribution in [1.82, 2.24) is 0 Å². The fourth-order valence-electron chi connectivity index (χ4n) is 0.0657. The van der Waals surface area contributed by atoms with E-state index in [2.05, 4.69) is 24.4 Å². The molecule has 8 heavy (non-hydrogen) atoms. The molecule has 1 N–H and O–H groups in total. The van der Waals surface area contributed by atoms with Gasteiger partial charge in [0.1, 0.15) is 16.3 Å². The molecule has 0 aromatic rings. The summed E-state index contributed by atoms with van der Waals surface area (Å²) in [5.41, 5.74) is 0. The number of hydrogen-bond donors (Lipinski definition) is 1. The Bertz CT molecular complexity index is 151. The number of rotatable bonds is 2. The summed E-state index contributed by atoms with van der Waals surface area (Å²) < 4.78 is 17.2. The Labute approximate surface area is 53.9 Å². The first-order valence-electron chi connectivity index (χ1n) is 1.33. The standard InChI is InChI=1S/CHBrNO4P/c2-7-8(4,5)6-1-3/h(H,4,5). The summed E-state index contributed by atoms with van der Waals surface area (Å²) in [6, 6.07) is 0. The molecule has 0 saturated heterocycles. The highest BCUT2D eigenvalue weighted by molar-refractivity contribution is 9.06. The Hall–Kier alpha value is -0.0800. The normalized spacial score (nSPS) is 16.1. The van der Waals surface area contributed by atoms with Crippen LogP contribution in [0.5, 0.6) is 0 Å². The molecule has 0 aliphatic carbocycles. The monoisotopic (exact) mass is 201 g/mol. The van der Waals surface area contributed by atoms with Gasteiger partial charge < -0.3 is 4.52 Å². The summed E-state index contributed by atoms with van der Waals surface area (Å²) in [7, 11) is -4.12. The molecule has 0 radical (unpaired) electrons. The molecular formula is CHBrNO4P. The average Bonchev–Trinajstić information content (AvgIpc) is 1.67. The van der Waals surface area contributed by atoms with Gasteiger partial charge >= 0.3 is 7.82 Å². The van der Waals surface area contributed by atoms with Gasteiger partial charge in [0.2, 0.25) is 0 Å². The minimum atomic E-state index is -4.12. The van der Waals surface area contributed by atoms with Gasteiger partial charge in [-0.2, -0.15) is 3.62 Å². The summed E-state index contributed by atoms with van der Waals surface area (Å²) in [6.45, 7) is 0. The number of nitriles is 1. The van der Waals surface area contributed by atoms with Crippen molar-refractivity contribution in [2.75, 3.05) is 0 Å². The van der Waals surface area contributed by atoms with Crippen molar-refractivity contribution >= 4 is 24.1 Å². The SMILES string of the molecule is N#COP(=O)(O)OBr. The molecule has 0 saturated carbocycles. The first-order chi connectivity index (χ1) is 3.62. The van der Waals surface area contributed by atoms with Gasteiger partial charge in [0.05, 0.1) is 0 Å². The molecular weight excluding hydrogens is 201 g/mol. The van der Waals surface area contributed by atoms with Gasteiger partial charge in [0.15, 0.2) is 0 Å². The maximum absolute atomic E-state index is 10.0. The Morgan fingerprint density at radius 2 is 2.38 bits per heavy atom. The second-order valence-corrected chi connectivity index (χ2v) is 2.85. The molecule has 0 aliphatic rings. The zero-order valence-electron chi connectivity index (χ0n) is 3.44. The average molecular weight is 202 g/mol. The molecule has 0 aromatic heterocycles. The van der Waals surface area contributed by atoms with Crippen LogP contribution in [0.15, 0.2) is 0 Å². The number of phosphoric ester groups is 1. The van der Waals surface area contributed by atoms with Crippen LogP contribution in [0.4, 0.5) is 0 Å².